The van der Waals surface area contributed by atoms with Crippen molar-refractivity contribution in [3.8, 4) is 27.9 Å². The Hall–Kier alpha value is -5.90. The SMILES string of the molecule is BrC1=CC(c2cccc(N(c3ccc(-c4ccccc4)cc3)c3ccc(-c4ccc5c(c4)c4ccccc4n5-c4ccccc4)cc3)c2)CC=C1. The average molecular weight is 720 g/mol. The second kappa shape index (κ2) is 13.4. The molecule has 0 radical (unpaired) electrons. The summed E-state index contributed by atoms with van der Waals surface area (Å²) in [6, 6.07) is 63.7. The summed E-state index contributed by atoms with van der Waals surface area (Å²) in [4.78, 5) is 2.37. The Labute approximate surface area is 307 Å². The number of allylic oxidation sites excluding steroid dienone is 4. The lowest BCUT2D eigenvalue weighted by molar-refractivity contribution is 0.852. The van der Waals surface area contributed by atoms with E-state index < -0.39 is 0 Å². The summed E-state index contributed by atoms with van der Waals surface area (Å²) in [7, 11) is 0. The van der Waals surface area contributed by atoms with Crippen LogP contribution < -0.4 is 4.90 Å². The van der Waals surface area contributed by atoms with E-state index in [0.717, 1.165) is 28.0 Å². The van der Waals surface area contributed by atoms with Crippen LogP contribution in [0.5, 0.6) is 0 Å². The summed E-state index contributed by atoms with van der Waals surface area (Å²) in [5.74, 6) is 0.330. The quantitative estimate of drug-likeness (QED) is 0.159. The number of para-hydroxylation sites is 2. The van der Waals surface area contributed by atoms with E-state index in [9.17, 15) is 0 Å². The molecule has 0 bridgehead atoms. The normalized spacial score (nSPS) is 14.1. The maximum absolute atomic E-state index is 3.70. The van der Waals surface area contributed by atoms with Gasteiger partial charge in [-0.25, -0.2) is 0 Å². The molecule has 0 saturated carbocycles. The molecule has 7 aromatic carbocycles. The Kier molecular flexibility index (Phi) is 8.19. The molecule has 0 aliphatic heterocycles. The fourth-order valence-electron chi connectivity index (χ4n) is 7.46. The first-order valence-electron chi connectivity index (χ1n) is 17.5. The molecule has 3 heteroatoms. The van der Waals surface area contributed by atoms with Gasteiger partial charge in [0.2, 0.25) is 0 Å². The zero-order valence-electron chi connectivity index (χ0n) is 28.0. The van der Waals surface area contributed by atoms with Crippen LogP contribution in [0, 0.1) is 0 Å². The van der Waals surface area contributed by atoms with Crippen LogP contribution in [-0.2, 0) is 0 Å². The van der Waals surface area contributed by atoms with Crippen LogP contribution in [0.3, 0.4) is 0 Å². The molecule has 2 nitrogen and oxygen atoms in total. The van der Waals surface area contributed by atoms with E-state index in [2.05, 4.69) is 220 Å². The first kappa shape index (κ1) is 31.1. The molecule has 0 fully saturated rings. The second-order valence-corrected chi connectivity index (χ2v) is 14.0. The monoisotopic (exact) mass is 718 g/mol. The van der Waals surface area contributed by atoms with Gasteiger partial charge in [0.1, 0.15) is 0 Å². The third-order valence-corrected chi connectivity index (χ3v) is 10.5. The van der Waals surface area contributed by atoms with Gasteiger partial charge in [0.25, 0.3) is 0 Å². The highest BCUT2D eigenvalue weighted by Crippen LogP contribution is 2.40. The van der Waals surface area contributed by atoms with Crippen LogP contribution in [-0.4, -0.2) is 4.57 Å². The van der Waals surface area contributed by atoms with Crippen molar-refractivity contribution in [1.29, 1.82) is 0 Å². The summed E-state index contributed by atoms with van der Waals surface area (Å²) in [6.45, 7) is 0. The number of hydrogen-bond donors (Lipinski definition) is 0. The molecule has 8 aromatic rings. The fourth-order valence-corrected chi connectivity index (χ4v) is 7.97. The fraction of sp³-hybridized carbons (Fsp3) is 0.0417. The second-order valence-electron chi connectivity index (χ2n) is 13.1. The van der Waals surface area contributed by atoms with Gasteiger partial charge in [0.15, 0.2) is 0 Å². The standard InChI is InChI=1S/C48H35BrN2/c49-40-15-9-13-37(31-40)38-14-10-18-44(32-38)50(42-26-21-35(22-27-42)34-11-3-1-4-12-34)43-28-23-36(24-29-43)39-25-30-48-46(33-39)45-19-7-8-20-47(45)51(48)41-16-5-2-6-17-41/h1-12,14-33,37H,13H2. The molecule has 51 heavy (non-hydrogen) atoms. The Morgan fingerprint density at radius 3 is 1.82 bits per heavy atom. The van der Waals surface area contributed by atoms with Crippen molar-refractivity contribution in [2.45, 2.75) is 12.3 Å². The van der Waals surface area contributed by atoms with Gasteiger partial charge >= 0.3 is 0 Å². The molecule has 244 valence electrons. The maximum Gasteiger partial charge on any atom is 0.0541 e. The van der Waals surface area contributed by atoms with Crippen molar-refractivity contribution in [3.05, 3.63) is 204 Å². The van der Waals surface area contributed by atoms with E-state index in [-0.39, 0.29) is 0 Å². The number of anilines is 3. The number of nitrogens with zero attached hydrogens (tertiary/aromatic N) is 2. The van der Waals surface area contributed by atoms with Crippen molar-refractivity contribution in [2.24, 2.45) is 0 Å². The van der Waals surface area contributed by atoms with E-state index in [0.29, 0.717) is 5.92 Å². The molecule has 0 spiro atoms. The van der Waals surface area contributed by atoms with Crippen LogP contribution in [0.25, 0.3) is 49.7 Å². The highest BCUT2D eigenvalue weighted by atomic mass is 79.9. The van der Waals surface area contributed by atoms with E-state index in [1.54, 1.807) is 0 Å². The molecule has 0 saturated heterocycles. The minimum absolute atomic E-state index is 0.330. The minimum Gasteiger partial charge on any atom is -0.310 e. The van der Waals surface area contributed by atoms with E-state index in [4.69, 9.17) is 0 Å². The molecule has 1 heterocycles. The lowest BCUT2D eigenvalue weighted by Crippen LogP contribution is -2.10. The first-order chi connectivity index (χ1) is 25.2. The van der Waals surface area contributed by atoms with Crippen molar-refractivity contribution < 1.29 is 0 Å². The highest BCUT2D eigenvalue weighted by molar-refractivity contribution is 9.11. The summed E-state index contributed by atoms with van der Waals surface area (Å²) in [5, 5.41) is 2.52. The van der Waals surface area contributed by atoms with Gasteiger partial charge in [-0.15, -0.1) is 0 Å². The molecule has 0 amide bonds. The Bertz CT molecular complexity index is 2540. The first-order valence-corrected chi connectivity index (χ1v) is 18.3. The van der Waals surface area contributed by atoms with Crippen molar-refractivity contribution in [1.82, 2.24) is 4.57 Å². The lowest BCUT2D eigenvalue weighted by Gasteiger charge is -2.27. The topological polar surface area (TPSA) is 8.17 Å². The van der Waals surface area contributed by atoms with Gasteiger partial charge in [-0.2, -0.15) is 0 Å². The van der Waals surface area contributed by atoms with Crippen molar-refractivity contribution >= 4 is 54.8 Å². The van der Waals surface area contributed by atoms with Crippen LogP contribution in [0.15, 0.2) is 199 Å². The number of benzene rings is 7. The number of aromatic nitrogens is 1. The third kappa shape index (κ3) is 6.00. The van der Waals surface area contributed by atoms with Gasteiger partial charge in [-0.1, -0.05) is 143 Å². The zero-order valence-corrected chi connectivity index (χ0v) is 29.6. The Balaban J connectivity index is 1.11. The number of rotatable bonds is 7. The largest absolute Gasteiger partial charge is 0.310 e. The van der Waals surface area contributed by atoms with E-state index >= 15 is 0 Å². The minimum atomic E-state index is 0.330. The molecule has 0 N–H and O–H groups in total. The van der Waals surface area contributed by atoms with Crippen LogP contribution in [0.2, 0.25) is 0 Å². The van der Waals surface area contributed by atoms with Crippen LogP contribution in [0.1, 0.15) is 17.9 Å². The Morgan fingerprint density at radius 1 is 0.490 bits per heavy atom. The molecule has 9 rings (SSSR count). The maximum atomic E-state index is 3.70. The Morgan fingerprint density at radius 2 is 1.10 bits per heavy atom. The number of hydrogen-bond acceptors (Lipinski definition) is 1. The lowest BCUT2D eigenvalue weighted by atomic mass is 9.92. The van der Waals surface area contributed by atoms with E-state index in [1.165, 1.54) is 55.3 Å². The highest BCUT2D eigenvalue weighted by Gasteiger charge is 2.18. The number of halogens is 1. The van der Waals surface area contributed by atoms with Crippen LogP contribution in [0.4, 0.5) is 17.1 Å². The van der Waals surface area contributed by atoms with Gasteiger partial charge in [0.05, 0.1) is 11.0 Å². The summed E-state index contributed by atoms with van der Waals surface area (Å²) in [5.41, 5.74) is 13.1. The zero-order chi connectivity index (χ0) is 34.1. The predicted molar refractivity (Wildman–Crippen MR) is 220 cm³/mol. The number of fused-ring (bicyclic) bond motifs is 3. The molecule has 1 atom stereocenters. The van der Waals surface area contributed by atoms with Gasteiger partial charge < -0.3 is 9.47 Å². The van der Waals surface area contributed by atoms with Crippen molar-refractivity contribution in [2.75, 3.05) is 4.90 Å². The smallest absolute Gasteiger partial charge is 0.0541 e. The predicted octanol–water partition coefficient (Wildman–Crippen LogP) is 13.9. The molecule has 1 aromatic heterocycles. The molecular weight excluding hydrogens is 684 g/mol. The summed E-state index contributed by atoms with van der Waals surface area (Å²) in [6.07, 6.45) is 7.69. The van der Waals surface area contributed by atoms with E-state index in [1.807, 2.05) is 0 Å². The molecule has 1 unspecified atom stereocenters. The van der Waals surface area contributed by atoms with Crippen LogP contribution >= 0.6 is 15.9 Å². The summed E-state index contributed by atoms with van der Waals surface area (Å²) < 4.78 is 3.50. The molecule has 1 aliphatic rings. The third-order valence-electron chi connectivity index (χ3n) is 9.96. The van der Waals surface area contributed by atoms with Gasteiger partial charge in [-0.05, 0) is 101 Å². The molecule has 1 aliphatic carbocycles. The molecular formula is C48H35BrN2. The van der Waals surface area contributed by atoms with Crippen molar-refractivity contribution in [3.63, 3.8) is 0 Å². The van der Waals surface area contributed by atoms with Gasteiger partial charge in [-0.3, -0.25) is 0 Å². The summed E-state index contributed by atoms with van der Waals surface area (Å²) >= 11 is 3.70. The average Bonchev–Trinajstić information content (AvgIpc) is 3.53. The van der Waals surface area contributed by atoms with Gasteiger partial charge in [0, 0.05) is 43.9 Å².